The lowest BCUT2D eigenvalue weighted by molar-refractivity contribution is 0.0948. The maximum absolute atomic E-state index is 12.1. The van der Waals surface area contributed by atoms with Crippen molar-refractivity contribution in [2.45, 2.75) is 33.6 Å². The molecule has 0 spiro atoms. The van der Waals surface area contributed by atoms with E-state index in [0.717, 1.165) is 35.2 Å². The van der Waals surface area contributed by atoms with Crippen molar-refractivity contribution in [3.05, 3.63) is 35.4 Å². The first kappa shape index (κ1) is 15.2. The van der Waals surface area contributed by atoms with E-state index in [-0.39, 0.29) is 5.91 Å². The zero-order chi connectivity index (χ0) is 15.4. The first-order chi connectivity index (χ1) is 10.0. The molecule has 5 nitrogen and oxygen atoms in total. The molecular formula is C16H22N4O. The van der Waals surface area contributed by atoms with Crippen molar-refractivity contribution in [2.24, 2.45) is 7.05 Å². The molecule has 0 atom stereocenters. The van der Waals surface area contributed by atoms with Crippen molar-refractivity contribution in [2.75, 3.05) is 6.54 Å². The van der Waals surface area contributed by atoms with Crippen LogP contribution in [0.15, 0.2) is 18.5 Å². The topological polar surface area (TPSA) is 59.8 Å². The monoisotopic (exact) mass is 286 g/mol. The minimum absolute atomic E-state index is 0.119. The molecule has 0 saturated heterocycles. The Labute approximate surface area is 125 Å². The summed E-state index contributed by atoms with van der Waals surface area (Å²) >= 11 is 0. The highest BCUT2D eigenvalue weighted by atomic mass is 16.1. The summed E-state index contributed by atoms with van der Waals surface area (Å²) in [7, 11) is 1.91. The van der Waals surface area contributed by atoms with Gasteiger partial charge < -0.3 is 5.32 Å². The highest BCUT2D eigenvalue weighted by molar-refractivity contribution is 5.93. The Morgan fingerprint density at radius 2 is 2.05 bits per heavy atom. The largest absolute Gasteiger partial charge is 0.351 e. The molecule has 1 N–H and O–H groups in total. The molecule has 1 amide bonds. The number of carbonyl (C=O) groups excluding carboxylic acids is 1. The van der Waals surface area contributed by atoms with Crippen molar-refractivity contribution in [3.8, 4) is 11.1 Å². The molecule has 2 rings (SSSR count). The van der Waals surface area contributed by atoms with Gasteiger partial charge in [0.15, 0.2) is 0 Å². The number of aryl methyl sites for hydroxylation is 2. The molecule has 0 saturated carbocycles. The van der Waals surface area contributed by atoms with Gasteiger partial charge in [-0.05, 0) is 37.5 Å². The molecule has 0 unspecified atom stereocenters. The van der Waals surface area contributed by atoms with Crippen molar-refractivity contribution in [1.82, 2.24) is 20.1 Å². The summed E-state index contributed by atoms with van der Waals surface area (Å²) in [6.07, 6.45) is 5.61. The van der Waals surface area contributed by atoms with Gasteiger partial charge in [0, 0.05) is 31.0 Å². The molecule has 21 heavy (non-hydrogen) atoms. The average Bonchev–Trinajstić information content (AvgIpc) is 2.80. The van der Waals surface area contributed by atoms with Gasteiger partial charge in [0.2, 0.25) is 0 Å². The van der Waals surface area contributed by atoms with E-state index in [1.165, 1.54) is 0 Å². The molecule has 0 radical (unpaired) electrons. The third-order valence-corrected chi connectivity index (χ3v) is 3.68. The lowest BCUT2D eigenvalue weighted by Gasteiger charge is -2.08. The van der Waals surface area contributed by atoms with E-state index in [4.69, 9.17) is 0 Å². The molecule has 0 aliphatic heterocycles. The maximum Gasteiger partial charge on any atom is 0.269 e. The standard InChI is InChI=1S/C16H22N4O/c1-5-6-7-17-16(21)15-8-13(11(2)9-18-15)14-10-19-20(4)12(14)3/h8-10H,5-7H2,1-4H3,(H,17,21). The molecule has 112 valence electrons. The van der Waals surface area contributed by atoms with Gasteiger partial charge in [-0.1, -0.05) is 13.3 Å². The van der Waals surface area contributed by atoms with E-state index in [9.17, 15) is 4.79 Å². The van der Waals surface area contributed by atoms with Crippen LogP contribution in [0, 0.1) is 13.8 Å². The number of nitrogens with zero attached hydrogens (tertiary/aromatic N) is 3. The Morgan fingerprint density at radius 3 is 2.67 bits per heavy atom. The molecule has 0 aromatic carbocycles. The van der Waals surface area contributed by atoms with Crippen molar-refractivity contribution >= 4 is 5.91 Å². The van der Waals surface area contributed by atoms with Gasteiger partial charge in [0.1, 0.15) is 5.69 Å². The average molecular weight is 286 g/mol. The van der Waals surface area contributed by atoms with Crippen LogP contribution in [0.3, 0.4) is 0 Å². The lowest BCUT2D eigenvalue weighted by Crippen LogP contribution is -2.25. The van der Waals surface area contributed by atoms with Gasteiger partial charge in [-0.2, -0.15) is 5.10 Å². The van der Waals surface area contributed by atoms with E-state index < -0.39 is 0 Å². The summed E-state index contributed by atoms with van der Waals surface area (Å²) < 4.78 is 1.83. The number of hydrogen-bond donors (Lipinski definition) is 1. The van der Waals surface area contributed by atoms with Crippen molar-refractivity contribution in [1.29, 1.82) is 0 Å². The van der Waals surface area contributed by atoms with Gasteiger partial charge in [0.05, 0.1) is 6.20 Å². The zero-order valence-electron chi connectivity index (χ0n) is 13.1. The number of hydrogen-bond acceptors (Lipinski definition) is 3. The molecule has 0 fully saturated rings. The lowest BCUT2D eigenvalue weighted by atomic mass is 10.0. The predicted octanol–water partition coefficient (Wildman–Crippen LogP) is 2.63. The third kappa shape index (κ3) is 3.29. The first-order valence-electron chi connectivity index (χ1n) is 7.28. The predicted molar refractivity (Wildman–Crippen MR) is 83.2 cm³/mol. The highest BCUT2D eigenvalue weighted by Gasteiger charge is 2.13. The maximum atomic E-state index is 12.1. The number of aromatic nitrogens is 3. The van der Waals surface area contributed by atoms with Crippen LogP contribution in [-0.2, 0) is 7.05 Å². The summed E-state index contributed by atoms with van der Waals surface area (Å²) in [5.41, 5.74) is 4.61. The third-order valence-electron chi connectivity index (χ3n) is 3.68. The molecule has 0 bridgehead atoms. The van der Waals surface area contributed by atoms with E-state index in [1.54, 1.807) is 6.20 Å². The minimum atomic E-state index is -0.119. The van der Waals surface area contributed by atoms with Crippen molar-refractivity contribution < 1.29 is 4.79 Å². The SMILES string of the molecule is CCCCNC(=O)c1cc(-c2cnn(C)c2C)c(C)cn1. The molecular weight excluding hydrogens is 264 g/mol. The number of unbranched alkanes of at least 4 members (excludes halogenated alkanes) is 1. The number of rotatable bonds is 5. The fourth-order valence-electron chi connectivity index (χ4n) is 2.17. The minimum Gasteiger partial charge on any atom is -0.351 e. The number of carbonyl (C=O) groups is 1. The Kier molecular flexibility index (Phi) is 4.73. The Hall–Kier alpha value is -2.17. The normalized spacial score (nSPS) is 10.7. The number of amides is 1. The molecule has 0 aliphatic carbocycles. The number of pyridine rings is 1. The van der Waals surface area contributed by atoms with Gasteiger partial charge >= 0.3 is 0 Å². The second-order valence-corrected chi connectivity index (χ2v) is 5.26. The van der Waals surface area contributed by atoms with Gasteiger partial charge in [0.25, 0.3) is 5.91 Å². The zero-order valence-corrected chi connectivity index (χ0v) is 13.1. The van der Waals surface area contributed by atoms with Crippen LogP contribution in [0.4, 0.5) is 0 Å². The van der Waals surface area contributed by atoms with Gasteiger partial charge in [-0.3, -0.25) is 14.5 Å². The van der Waals surface area contributed by atoms with Gasteiger partial charge in [-0.25, -0.2) is 0 Å². The van der Waals surface area contributed by atoms with E-state index in [1.807, 2.05) is 37.8 Å². The van der Waals surface area contributed by atoms with E-state index in [0.29, 0.717) is 12.2 Å². The van der Waals surface area contributed by atoms with Crippen LogP contribution < -0.4 is 5.32 Å². The van der Waals surface area contributed by atoms with E-state index in [2.05, 4.69) is 22.3 Å². The van der Waals surface area contributed by atoms with Crippen LogP contribution in [0.25, 0.3) is 11.1 Å². The van der Waals surface area contributed by atoms with Crippen LogP contribution >= 0.6 is 0 Å². The second kappa shape index (κ2) is 6.52. The van der Waals surface area contributed by atoms with Crippen LogP contribution in [0.1, 0.15) is 41.5 Å². The molecule has 2 aromatic heterocycles. The Bertz CT molecular complexity index is 646. The molecule has 2 aromatic rings. The smallest absolute Gasteiger partial charge is 0.269 e. The summed E-state index contributed by atoms with van der Waals surface area (Å²) in [4.78, 5) is 16.4. The highest BCUT2D eigenvalue weighted by Crippen LogP contribution is 2.26. The summed E-state index contributed by atoms with van der Waals surface area (Å²) in [5, 5.41) is 7.16. The Morgan fingerprint density at radius 1 is 1.29 bits per heavy atom. The van der Waals surface area contributed by atoms with Gasteiger partial charge in [-0.15, -0.1) is 0 Å². The molecule has 5 heteroatoms. The molecule has 0 aliphatic rings. The summed E-state index contributed by atoms with van der Waals surface area (Å²) in [6, 6.07) is 1.85. The van der Waals surface area contributed by atoms with Crippen LogP contribution in [-0.4, -0.2) is 27.2 Å². The Balaban J connectivity index is 2.29. The first-order valence-corrected chi connectivity index (χ1v) is 7.28. The van der Waals surface area contributed by atoms with Crippen molar-refractivity contribution in [3.63, 3.8) is 0 Å². The van der Waals surface area contributed by atoms with Crippen LogP contribution in [0.5, 0.6) is 0 Å². The quantitative estimate of drug-likeness (QED) is 0.860. The molecule has 2 heterocycles. The summed E-state index contributed by atoms with van der Waals surface area (Å²) in [5.74, 6) is -0.119. The van der Waals surface area contributed by atoms with Crippen LogP contribution in [0.2, 0.25) is 0 Å². The fourth-order valence-corrected chi connectivity index (χ4v) is 2.17. The van der Waals surface area contributed by atoms with E-state index >= 15 is 0 Å². The fraction of sp³-hybridized carbons (Fsp3) is 0.438. The second-order valence-electron chi connectivity index (χ2n) is 5.26. The summed E-state index contributed by atoms with van der Waals surface area (Å²) in [6.45, 7) is 6.79. The number of nitrogens with one attached hydrogen (secondary N) is 1.